The van der Waals surface area contributed by atoms with E-state index >= 15 is 0 Å². The molecule has 1 aliphatic carbocycles. The number of methoxy groups -OCH3 is 1. The first-order valence-electron chi connectivity index (χ1n) is 5.71. The van der Waals surface area contributed by atoms with E-state index in [0.717, 1.165) is 24.3 Å². The van der Waals surface area contributed by atoms with Crippen LogP contribution >= 0.6 is 0 Å². The van der Waals surface area contributed by atoms with Crippen molar-refractivity contribution in [3.63, 3.8) is 0 Å². The minimum atomic E-state index is -0.265. The molecule has 90 valence electrons. The number of esters is 1. The van der Waals surface area contributed by atoms with Gasteiger partial charge in [-0.25, -0.2) is 5.06 Å². The van der Waals surface area contributed by atoms with E-state index in [4.69, 9.17) is 0 Å². The second-order valence-electron chi connectivity index (χ2n) is 4.66. The first-order valence-corrected chi connectivity index (χ1v) is 5.71. The molecule has 2 rings (SSSR count). The van der Waals surface area contributed by atoms with Crippen molar-refractivity contribution in [3.8, 4) is 0 Å². The minimum Gasteiger partial charge on any atom is -0.469 e. The molecule has 0 aromatic rings. The number of carbonyl (C=O) groups excluding carboxylic acids is 2. The highest BCUT2D eigenvalue weighted by Gasteiger charge is 2.46. The van der Waals surface area contributed by atoms with Gasteiger partial charge in [0, 0.05) is 6.42 Å². The van der Waals surface area contributed by atoms with Crippen LogP contribution in [0.3, 0.4) is 0 Å². The number of amides is 1. The normalized spacial score (nSPS) is 33.8. The average Bonchev–Trinajstić information content (AvgIpc) is 2.56. The summed E-state index contributed by atoms with van der Waals surface area (Å²) >= 11 is 0. The highest BCUT2D eigenvalue weighted by molar-refractivity contribution is 5.78. The molecule has 1 N–H and O–H groups in total. The molecule has 3 atom stereocenters. The molecule has 1 heterocycles. The van der Waals surface area contributed by atoms with Crippen LogP contribution in [0.4, 0.5) is 0 Å². The van der Waals surface area contributed by atoms with Gasteiger partial charge in [-0.05, 0) is 24.7 Å². The third-order valence-corrected chi connectivity index (χ3v) is 3.75. The van der Waals surface area contributed by atoms with Crippen molar-refractivity contribution in [2.45, 2.75) is 38.1 Å². The van der Waals surface area contributed by atoms with Crippen molar-refractivity contribution in [2.75, 3.05) is 7.11 Å². The quantitative estimate of drug-likeness (QED) is 0.563. The minimum absolute atomic E-state index is 0.0441. The Kier molecular flexibility index (Phi) is 3.14. The van der Waals surface area contributed by atoms with Gasteiger partial charge in [0.2, 0.25) is 5.91 Å². The van der Waals surface area contributed by atoms with Crippen LogP contribution in [0.2, 0.25) is 0 Å². The lowest BCUT2D eigenvalue weighted by molar-refractivity contribution is -0.174. The van der Waals surface area contributed by atoms with Crippen molar-refractivity contribution in [3.05, 3.63) is 0 Å². The van der Waals surface area contributed by atoms with Crippen molar-refractivity contribution < 1.29 is 19.5 Å². The summed E-state index contributed by atoms with van der Waals surface area (Å²) in [4.78, 5) is 22.7. The van der Waals surface area contributed by atoms with Crippen LogP contribution in [0.25, 0.3) is 0 Å². The number of hydrogen-bond donors (Lipinski definition) is 1. The number of rotatable bonds is 2. The summed E-state index contributed by atoms with van der Waals surface area (Å²) < 4.78 is 4.64. The molecule has 16 heavy (non-hydrogen) atoms. The molecule has 0 spiro atoms. The van der Waals surface area contributed by atoms with Gasteiger partial charge < -0.3 is 4.74 Å². The summed E-state index contributed by atoms with van der Waals surface area (Å²) in [5.74, 6) is -0.228. The van der Waals surface area contributed by atoms with Crippen LogP contribution in [-0.4, -0.2) is 35.3 Å². The van der Waals surface area contributed by atoms with Gasteiger partial charge in [-0.3, -0.25) is 14.8 Å². The second-order valence-corrected chi connectivity index (χ2v) is 4.66. The molecule has 5 nitrogen and oxygen atoms in total. The van der Waals surface area contributed by atoms with E-state index in [-0.39, 0.29) is 29.8 Å². The molecule has 1 aliphatic heterocycles. The Balaban J connectivity index is 2.07. The average molecular weight is 227 g/mol. The van der Waals surface area contributed by atoms with Gasteiger partial charge in [0.1, 0.15) is 0 Å². The summed E-state index contributed by atoms with van der Waals surface area (Å²) in [7, 11) is 1.36. The topological polar surface area (TPSA) is 66.8 Å². The molecule has 0 radical (unpaired) electrons. The molecular formula is C11H17NO4. The predicted octanol–water partition coefficient (Wildman–Crippen LogP) is 0.956. The molecular weight excluding hydrogens is 210 g/mol. The molecule has 2 fully saturated rings. The molecule has 0 aromatic heterocycles. The van der Waals surface area contributed by atoms with Crippen molar-refractivity contribution in [1.82, 2.24) is 5.06 Å². The number of nitrogens with zero attached hydrogens (tertiary/aromatic N) is 1. The first-order chi connectivity index (χ1) is 7.63. The SMILES string of the molecule is COC(=O)CC1CCCC2CC(=O)N(O)C12. The zero-order valence-corrected chi connectivity index (χ0v) is 9.39. The monoisotopic (exact) mass is 227 g/mol. The third-order valence-electron chi connectivity index (χ3n) is 3.75. The van der Waals surface area contributed by atoms with Crippen LogP contribution in [0.15, 0.2) is 0 Å². The van der Waals surface area contributed by atoms with E-state index in [0.29, 0.717) is 12.8 Å². The summed E-state index contributed by atoms with van der Waals surface area (Å²) in [6.45, 7) is 0. The van der Waals surface area contributed by atoms with Crippen LogP contribution in [0.1, 0.15) is 32.1 Å². The van der Waals surface area contributed by atoms with E-state index in [1.807, 2.05) is 0 Å². The first kappa shape index (κ1) is 11.4. The number of hydroxylamine groups is 2. The molecule has 1 saturated heterocycles. The number of ether oxygens (including phenoxy) is 1. The van der Waals surface area contributed by atoms with Gasteiger partial charge in [-0.15, -0.1) is 0 Å². The van der Waals surface area contributed by atoms with Gasteiger partial charge in [-0.2, -0.15) is 0 Å². The standard InChI is InChI=1S/C11H17NO4/c1-16-10(14)6-8-4-2-3-7-5-9(13)12(15)11(7)8/h7-8,11,15H,2-6H2,1H3. The fourth-order valence-corrected chi connectivity index (χ4v) is 3.00. The Morgan fingerprint density at radius 1 is 1.56 bits per heavy atom. The zero-order chi connectivity index (χ0) is 11.7. The zero-order valence-electron chi connectivity index (χ0n) is 9.39. The smallest absolute Gasteiger partial charge is 0.305 e. The second kappa shape index (κ2) is 4.41. The molecule has 0 bridgehead atoms. The molecule has 3 unspecified atom stereocenters. The Bertz CT molecular complexity index is 304. The van der Waals surface area contributed by atoms with Gasteiger partial charge in [-0.1, -0.05) is 6.42 Å². The van der Waals surface area contributed by atoms with Gasteiger partial charge in [0.15, 0.2) is 0 Å². The number of fused-ring (bicyclic) bond motifs is 1. The van der Waals surface area contributed by atoms with E-state index in [2.05, 4.69) is 4.74 Å². The summed E-state index contributed by atoms with van der Waals surface area (Å²) in [6, 6.07) is -0.180. The fraction of sp³-hybridized carbons (Fsp3) is 0.818. The van der Waals surface area contributed by atoms with E-state index in [1.165, 1.54) is 7.11 Å². The fourth-order valence-electron chi connectivity index (χ4n) is 3.00. The Morgan fingerprint density at radius 2 is 2.31 bits per heavy atom. The summed E-state index contributed by atoms with van der Waals surface area (Å²) in [6.07, 6.45) is 3.57. The van der Waals surface area contributed by atoms with Crippen LogP contribution in [0.5, 0.6) is 0 Å². The lowest BCUT2D eigenvalue weighted by Crippen LogP contribution is -2.41. The summed E-state index contributed by atoms with van der Waals surface area (Å²) in [5, 5.41) is 10.5. The summed E-state index contributed by atoms with van der Waals surface area (Å²) in [5.41, 5.74) is 0. The number of carbonyl (C=O) groups is 2. The Morgan fingerprint density at radius 3 is 3.00 bits per heavy atom. The number of hydrogen-bond acceptors (Lipinski definition) is 4. The van der Waals surface area contributed by atoms with Crippen LogP contribution in [0, 0.1) is 11.8 Å². The highest BCUT2D eigenvalue weighted by Crippen LogP contribution is 2.40. The molecule has 1 amide bonds. The van der Waals surface area contributed by atoms with Gasteiger partial charge >= 0.3 is 5.97 Å². The van der Waals surface area contributed by atoms with E-state index < -0.39 is 0 Å². The maximum Gasteiger partial charge on any atom is 0.305 e. The lowest BCUT2D eigenvalue weighted by atomic mass is 9.76. The van der Waals surface area contributed by atoms with Crippen molar-refractivity contribution >= 4 is 11.9 Å². The van der Waals surface area contributed by atoms with Crippen molar-refractivity contribution in [1.29, 1.82) is 0 Å². The van der Waals surface area contributed by atoms with Gasteiger partial charge in [0.25, 0.3) is 0 Å². The van der Waals surface area contributed by atoms with Gasteiger partial charge in [0.05, 0.1) is 19.6 Å². The van der Waals surface area contributed by atoms with E-state index in [1.54, 1.807) is 0 Å². The molecule has 2 aliphatic rings. The molecule has 1 saturated carbocycles. The third kappa shape index (κ3) is 1.91. The maximum atomic E-state index is 11.4. The maximum absolute atomic E-state index is 11.4. The highest BCUT2D eigenvalue weighted by atomic mass is 16.5. The Hall–Kier alpha value is -1.10. The lowest BCUT2D eigenvalue weighted by Gasteiger charge is -2.34. The molecule has 5 heteroatoms. The van der Waals surface area contributed by atoms with Crippen LogP contribution < -0.4 is 0 Å². The largest absolute Gasteiger partial charge is 0.469 e. The Labute approximate surface area is 94.3 Å². The predicted molar refractivity (Wildman–Crippen MR) is 54.5 cm³/mol. The van der Waals surface area contributed by atoms with Crippen LogP contribution in [-0.2, 0) is 14.3 Å². The van der Waals surface area contributed by atoms with E-state index in [9.17, 15) is 14.8 Å². The molecule has 0 aromatic carbocycles. The van der Waals surface area contributed by atoms with Crippen molar-refractivity contribution in [2.24, 2.45) is 11.8 Å².